The van der Waals surface area contributed by atoms with Gasteiger partial charge in [-0.1, -0.05) is 26.8 Å². The minimum Gasteiger partial charge on any atom is -0.497 e. The minimum atomic E-state index is 0.525. The van der Waals surface area contributed by atoms with Gasteiger partial charge in [0, 0.05) is 17.8 Å². The van der Waals surface area contributed by atoms with Crippen LogP contribution < -0.4 is 10.1 Å². The Hall–Kier alpha value is -1.18. The van der Waals surface area contributed by atoms with Gasteiger partial charge in [0.15, 0.2) is 0 Å². The van der Waals surface area contributed by atoms with Gasteiger partial charge < -0.3 is 10.1 Å². The molecule has 0 aliphatic heterocycles. The molecule has 1 atom stereocenters. The average Bonchev–Trinajstić information content (AvgIpc) is 2.25. The van der Waals surface area contributed by atoms with Gasteiger partial charge in [-0.15, -0.1) is 0 Å². The van der Waals surface area contributed by atoms with Crippen LogP contribution in [0.4, 0.5) is 5.69 Å². The largest absolute Gasteiger partial charge is 0.497 e. The number of anilines is 1. The fourth-order valence-corrected chi connectivity index (χ4v) is 1.67. The molecule has 1 aromatic carbocycles. The Balaban J connectivity index is 2.70. The molecule has 0 fully saturated rings. The van der Waals surface area contributed by atoms with Crippen LogP contribution in [0, 0.1) is 5.92 Å². The fraction of sp³-hybridized carbons (Fsp3) is 0.538. The SMILES string of the molecule is CC[C@@H](Nc1cccc(OC)c1)C(C)C. The number of methoxy groups -OCH3 is 1. The first-order valence-corrected chi connectivity index (χ1v) is 5.58. The summed E-state index contributed by atoms with van der Waals surface area (Å²) in [7, 11) is 1.69. The van der Waals surface area contributed by atoms with Crippen molar-refractivity contribution in [2.24, 2.45) is 5.92 Å². The smallest absolute Gasteiger partial charge is 0.120 e. The van der Waals surface area contributed by atoms with Gasteiger partial charge in [0.1, 0.15) is 5.75 Å². The monoisotopic (exact) mass is 207 g/mol. The van der Waals surface area contributed by atoms with E-state index in [1.807, 2.05) is 18.2 Å². The zero-order valence-corrected chi connectivity index (χ0v) is 10.1. The zero-order chi connectivity index (χ0) is 11.3. The first-order valence-electron chi connectivity index (χ1n) is 5.58. The quantitative estimate of drug-likeness (QED) is 0.797. The van der Waals surface area contributed by atoms with Gasteiger partial charge >= 0.3 is 0 Å². The van der Waals surface area contributed by atoms with E-state index >= 15 is 0 Å². The van der Waals surface area contributed by atoms with Crippen LogP contribution in [0.1, 0.15) is 27.2 Å². The predicted octanol–water partition coefficient (Wildman–Crippen LogP) is 3.54. The van der Waals surface area contributed by atoms with E-state index in [2.05, 4.69) is 32.2 Å². The van der Waals surface area contributed by atoms with E-state index in [1.165, 1.54) is 0 Å². The maximum atomic E-state index is 5.19. The second-order valence-corrected chi connectivity index (χ2v) is 4.14. The van der Waals surface area contributed by atoms with E-state index in [9.17, 15) is 0 Å². The van der Waals surface area contributed by atoms with Crippen molar-refractivity contribution in [2.45, 2.75) is 33.2 Å². The first kappa shape index (κ1) is 11.9. The summed E-state index contributed by atoms with van der Waals surface area (Å²) in [6.07, 6.45) is 1.13. The molecule has 0 aliphatic rings. The molecule has 0 unspecified atom stereocenters. The van der Waals surface area contributed by atoms with E-state index in [0.717, 1.165) is 17.9 Å². The molecule has 0 aliphatic carbocycles. The third-order valence-electron chi connectivity index (χ3n) is 2.67. The third kappa shape index (κ3) is 3.46. The van der Waals surface area contributed by atoms with Crippen LogP contribution in [0.25, 0.3) is 0 Å². The minimum absolute atomic E-state index is 0.525. The number of hydrogen-bond acceptors (Lipinski definition) is 2. The van der Waals surface area contributed by atoms with Crippen molar-refractivity contribution in [1.82, 2.24) is 0 Å². The molecule has 0 bridgehead atoms. The Morgan fingerprint density at radius 3 is 2.60 bits per heavy atom. The zero-order valence-electron chi connectivity index (χ0n) is 10.1. The van der Waals surface area contributed by atoms with Crippen molar-refractivity contribution in [3.8, 4) is 5.75 Å². The molecular weight excluding hydrogens is 186 g/mol. The van der Waals surface area contributed by atoms with Gasteiger partial charge in [-0.05, 0) is 24.5 Å². The summed E-state index contributed by atoms with van der Waals surface area (Å²) in [6.45, 7) is 6.68. The number of rotatable bonds is 5. The highest BCUT2D eigenvalue weighted by molar-refractivity contribution is 5.48. The van der Waals surface area contributed by atoms with Crippen molar-refractivity contribution in [3.05, 3.63) is 24.3 Å². The molecule has 2 nitrogen and oxygen atoms in total. The molecular formula is C13H21NO. The molecule has 1 aromatic rings. The molecule has 1 rings (SSSR count). The van der Waals surface area contributed by atoms with Gasteiger partial charge in [-0.25, -0.2) is 0 Å². The summed E-state index contributed by atoms with van der Waals surface area (Å²) in [6, 6.07) is 8.60. The highest BCUT2D eigenvalue weighted by Crippen LogP contribution is 2.20. The van der Waals surface area contributed by atoms with Gasteiger partial charge in [0.25, 0.3) is 0 Å². The van der Waals surface area contributed by atoms with E-state index in [4.69, 9.17) is 4.74 Å². The first-order chi connectivity index (χ1) is 7.17. The molecule has 84 valence electrons. The van der Waals surface area contributed by atoms with E-state index in [1.54, 1.807) is 7.11 Å². The molecule has 0 heterocycles. The molecule has 0 amide bonds. The molecule has 0 spiro atoms. The Labute approximate surface area is 92.6 Å². The van der Waals surface area contributed by atoms with Crippen molar-refractivity contribution in [1.29, 1.82) is 0 Å². The number of hydrogen-bond donors (Lipinski definition) is 1. The van der Waals surface area contributed by atoms with Crippen LogP contribution in [-0.4, -0.2) is 13.2 Å². The maximum Gasteiger partial charge on any atom is 0.120 e. The van der Waals surface area contributed by atoms with Crippen molar-refractivity contribution in [3.63, 3.8) is 0 Å². The van der Waals surface area contributed by atoms with Crippen LogP contribution in [0.15, 0.2) is 24.3 Å². The lowest BCUT2D eigenvalue weighted by atomic mass is 10.0. The second kappa shape index (κ2) is 5.64. The third-order valence-corrected chi connectivity index (χ3v) is 2.67. The van der Waals surface area contributed by atoms with Crippen molar-refractivity contribution < 1.29 is 4.74 Å². The Kier molecular flexibility index (Phi) is 4.47. The fourth-order valence-electron chi connectivity index (χ4n) is 1.67. The summed E-state index contributed by atoms with van der Waals surface area (Å²) in [4.78, 5) is 0. The molecule has 0 saturated carbocycles. The standard InChI is InChI=1S/C13H21NO/c1-5-13(10(2)3)14-11-7-6-8-12(9-11)15-4/h6-10,13-14H,5H2,1-4H3/t13-/m1/s1. The highest BCUT2D eigenvalue weighted by atomic mass is 16.5. The molecule has 1 N–H and O–H groups in total. The number of ether oxygens (including phenoxy) is 1. The van der Waals surface area contributed by atoms with Crippen LogP contribution in [0.2, 0.25) is 0 Å². The normalized spacial score (nSPS) is 12.6. The van der Waals surface area contributed by atoms with Gasteiger partial charge in [0.2, 0.25) is 0 Å². The van der Waals surface area contributed by atoms with Crippen LogP contribution in [0.5, 0.6) is 5.75 Å². The molecule has 0 radical (unpaired) electrons. The summed E-state index contributed by atoms with van der Waals surface area (Å²) < 4.78 is 5.19. The summed E-state index contributed by atoms with van der Waals surface area (Å²) in [5.74, 6) is 1.54. The van der Waals surface area contributed by atoms with Gasteiger partial charge in [-0.3, -0.25) is 0 Å². The van der Waals surface area contributed by atoms with Crippen LogP contribution in [0.3, 0.4) is 0 Å². The lowest BCUT2D eigenvalue weighted by molar-refractivity contribution is 0.415. The topological polar surface area (TPSA) is 21.3 Å². The van der Waals surface area contributed by atoms with Crippen molar-refractivity contribution >= 4 is 5.69 Å². The van der Waals surface area contributed by atoms with Crippen LogP contribution in [-0.2, 0) is 0 Å². The molecule has 0 aromatic heterocycles. The Morgan fingerprint density at radius 2 is 2.07 bits per heavy atom. The molecule has 2 heteroatoms. The lowest BCUT2D eigenvalue weighted by Gasteiger charge is -2.22. The summed E-state index contributed by atoms with van der Waals surface area (Å²) in [5.41, 5.74) is 1.13. The van der Waals surface area contributed by atoms with Gasteiger partial charge in [-0.2, -0.15) is 0 Å². The van der Waals surface area contributed by atoms with E-state index in [-0.39, 0.29) is 0 Å². The lowest BCUT2D eigenvalue weighted by Crippen LogP contribution is -2.24. The predicted molar refractivity (Wildman–Crippen MR) is 65.5 cm³/mol. The molecule has 15 heavy (non-hydrogen) atoms. The van der Waals surface area contributed by atoms with Gasteiger partial charge in [0.05, 0.1) is 7.11 Å². The molecule has 0 saturated heterocycles. The van der Waals surface area contributed by atoms with E-state index < -0.39 is 0 Å². The maximum absolute atomic E-state index is 5.19. The highest BCUT2D eigenvalue weighted by Gasteiger charge is 2.10. The Bertz CT molecular complexity index is 296. The number of benzene rings is 1. The van der Waals surface area contributed by atoms with Crippen LogP contribution >= 0.6 is 0 Å². The second-order valence-electron chi connectivity index (χ2n) is 4.14. The van der Waals surface area contributed by atoms with E-state index in [0.29, 0.717) is 12.0 Å². The Morgan fingerprint density at radius 1 is 1.33 bits per heavy atom. The summed E-state index contributed by atoms with van der Waals surface area (Å²) >= 11 is 0. The average molecular weight is 207 g/mol. The number of nitrogens with one attached hydrogen (secondary N) is 1. The summed E-state index contributed by atoms with van der Waals surface area (Å²) in [5, 5.41) is 3.52. The van der Waals surface area contributed by atoms with Crippen molar-refractivity contribution in [2.75, 3.05) is 12.4 Å².